The van der Waals surface area contributed by atoms with Gasteiger partial charge in [0.05, 0.1) is 23.7 Å². The topological polar surface area (TPSA) is 170 Å². The first-order chi connectivity index (χ1) is 32.4. The molecule has 67 heavy (non-hydrogen) atoms. The van der Waals surface area contributed by atoms with Crippen LogP contribution in [0.15, 0.2) is 59.5 Å². The van der Waals surface area contributed by atoms with E-state index >= 15 is 0 Å². The molecule has 16 heteroatoms. The third-order valence-corrected chi connectivity index (χ3v) is 16.3. The van der Waals surface area contributed by atoms with Crippen molar-refractivity contribution in [1.82, 2.24) is 20.0 Å². The highest BCUT2D eigenvalue weighted by atomic mass is 32.2. The van der Waals surface area contributed by atoms with Crippen molar-refractivity contribution in [3.05, 3.63) is 88.2 Å². The first kappa shape index (κ1) is 46.1. The number of carbonyl (C=O) groups is 3. The van der Waals surface area contributed by atoms with E-state index in [0.29, 0.717) is 73.9 Å². The van der Waals surface area contributed by atoms with Gasteiger partial charge in [-0.3, -0.25) is 14.4 Å². The minimum absolute atomic E-state index is 0.0321. The van der Waals surface area contributed by atoms with Gasteiger partial charge in [0.1, 0.15) is 17.3 Å². The average molecular weight is 942 g/mol. The van der Waals surface area contributed by atoms with Crippen LogP contribution in [0.3, 0.4) is 0 Å². The lowest BCUT2D eigenvalue weighted by molar-refractivity contribution is 0.0497. The average Bonchev–Trinajstić information content (AvgIpc) is 4.20. The molecule has 6 aliphatic heterocycles. The maximum absolute atomic E-state index is 14.6. The molecule has 11 rings (SSSR count). The standard InChI is InChI=1S/C29H34FN3O6S.C22H30N2O3/c30-27-12-25(40(31,36)37)3-4-26(27)29(35)33-15-22-13-32(14-23(22)16-33)28(34)21-9-20(19-1-2-19)10-24(11-21)39-17-18-5-7-38-8-6-18;25-22(24-12-19-10-23-11-20(19)13-24)18-7-17(16-1-2-16)8-21(9-18)27-14-15-3-5-26-6-4-15/h3-4,9-12,18-19,22-23H,1-2,5-8,13-17H2,(H2,31,36,37);7-9,15-16,19-20,23H,1-6,10-14H2/t22-,23-;19-,20-/m10/s1. The maximum atomic E-state index is 14.6. The molecule has 14 nitrogen and oxygen atoms in total. The van der Waals surface area contributed by atoms with Crippen LogP contribution < -0.4 is 19.9 Å². The Morgan fingerprint density at radius 3 is 1.45 bits per heavy atom. The Balaban J connectivity index is 0.000000169. The van der Waals surface area contributed by atoms with Gasteiger partial charge in [-0.05, 0) is 153 Å². The quantitative estimate of drug-likeness (QED) is 0.231. The molecule has 8 fully saturated rings. The van der Waals surface area contributed by atoms with E-state index in [-0.39, 0.29) is 34.1 Å². The zero-order valence-electron chi connectivity index (χ0n) is 38.3. The van der Waals surface area contributed by atoms with Crippen molar-refractivity contribution >= 4 is 27.7 Å². The van der Waals surface area contributed by atoms with Gasteiger partial charge >= 0.3 is 0 Å². The number of nitrogens with two attached hydrogens (primary N) is 1. The summed E-state index contributed by atoms with van der Waals surface area (Å²) in [4.78, 5) is 44.9. The van der Waals surface area contributed by atoms with Crippen LogP contribution in [-0.2, 0) is 19.5 Å². The Morgan fingerprint density at radius 2 is 1.03 bits per heavy atom. The molecule has 3 N–H and O–H groups in total. The van der Waals surface area contributed by atoms with Crippen LogP contribution >= 0.6 is 0 Å². The molecule has 0 spiro atoms. The van der Waals surface area contributed by atoms with E-state index in [1.54, 1.807) is 4.90 Å². The zero-order valence-corrected chi connectivity index (χ0v) is 39.1. The largest absolute Gasteiger partial charge is 0.493 e. The van der Waals surface area contributed by atoms with Gasteiger partial charge in [0, 0.05) is 102 Å². The molecular formula is C51H64FN5O9S. The van der Waals surface area contributed by atoms with Crippen LogP contribution in [0.2, 0.25) is 0 Å². The molecule has 6 heterocycles. The van der Waals surface area contributed by atoms with Gasteiger partial charge < -0.3 is 39.0 Å². The third kappa shape index (κ3) is 11.0. The van der Waals surface area contributed by atoms with Gasteiger partial charge in [-0.25, -0.2) is 17.9 Å². The van der Waals surface area contributed by atoms with E-state index in [2.05, 4.69) is 28.4 Å². The second-order valence-electron chi connectivity index (χ2n) is 20.4. The molecule has 6 saturated heterocycles. The van der Waals surface area contributed by atoms with Crippen molar-refractivity contribution in [3.8, 4) is 11.5 Å². The van der Waals surface area contributed by atoms with Gasteiger partial charge in [0.15, 0.2) is 0 Å². The molecule has 3 aromatic rings. The molecule has 3 aromatic carbocycles. The number of likely N-dealkylation sites (tertiary alicyclic amines) is 3. The van der Waals surface area contributed by atoms with E-state index in [0.717, 1.165) is 139 Å². The van der Waals surface area contributed by atoms with Gasteiger partial charge in [-0.2, -0.15) is 0 Å². The molecule has 2 saturated carbocycles. The van der Waals surface area contributed by atoms with Gasteiger partial charge in [0.25, 0.3) is 17.7 Å². The number of carbonyl (C=O) groups excluding carboxylic acids is 3. The number of primary sulfonamides is 1. The Labute approximate surface area is 393 Å². The Hall–Kier alpha value is -4.61. The van der Waals surface area contributed by atoms with Crippen molar-refractivity contribution in [2.75, 3.05) is 92.0 Å². The summed E-state index contributed by atoms with van der Waals surface area (Å²) in [5.41, 5.74) is 3.69. The Bertz CT molecular complexity index is 2410. The van der Waals surface area contributed by atoms with Gasteiger partial charge in [-0.15, -0.1) is 0 Å². The third-order valence-electron chi connectivity index (χ3n) is 15.3. The second kappa shape index (κ2) is 19.8. The number of nitrogens with one attached hydrogen (secondary N) is 1. The monoisotopic (exact) mass is 941 g/mol. The fourth-order valence-corrected chi connectivity index (χ4v) is 11.5. The normalized spacial score (nSPS) is 25.4. The molecule has 0 radical (unpaired) electrons. The molecule has 4 atom stereocenters. The lowest BCUT2D eigenvalue weighted by atomic mass is 10.0. The molecule has 3 amide bonds. The number of fused-ring (bicyclic) bond motifs is 2. The van der Waals surface area contributed by atoms with Crippen molar-refractivity contribution in [3.63, 3.8) is 0 Å². The van der Waals surface area contributed by atoms with Crippen LogP contribution in [0.25, 0.3) is 0 Å². The summed E-state index contributed by atoms with van der Waals surface area (Å²) >= 11 is 0. The first-order valence-corrected chi connectivity index (χ1v) is 26.1. The number of nitrogens with zero attached hydrogens (tertiary/aromatic N) is 3. The van der Waals surface area contributed by atoms with Gasteiger partial charge in [0.2, 0.25) is 10.0 Å². The van der Waals surface area contributed by atoms with Crippen LogP contribution in [-0.4, -0.2) is 133 Å². The molecule has 0 bridgehead atoms. The van der Waals surface area contributed by atoms with E-state index in [4.69, 9.17) is 24.1 Å². The van der Waals surface area contributed by atoms with E-state index < -0.39 is 21.7 Å². The lowest BCUT2D eigenvalue weighted by Crippen LogP contribution is -2.36. The predicted octanol–water partition coefficient (Wildman–Crippen LogP) is 5.66. The highest BCUT2D eigenvalue weighted by Crippen LogP contribution is 2.43. The molecule has 360 valence electrons. The molecule has 0 unspecified atom stereocenters. The first-order valence-electron chi connectivity index (χ1n) is 24.5. The van der Waals surface area contributed by atoms with Crippen molar-refractivity contribution in [2.24, 2.45) is 40.6 Å². The Kier molecular flexibility index (Phi) is 13.6. The highest BCUT2D eigenvalue weighted by molar-refractivity contribution is 7.89. The van der Waals surface area contributed by atoms with E-state index in [9.17, 15) is 27.2 Å². The summed E-state index contributed by atoms with van der Waals surface area (Å²) in [6, 6.07) is 15.3. The molecular weight excluding hydrogens is 878 g/mol. The number of rotatable bonds is 12. The van der Waals surface area contributed by atoms with Crippen LogP contribution in [0.5, 0.6) is 11.5 Å². The number of hydrogen-bond donors (Lipinski definition) is 2. The summed E-state index contributed by atoms with van der Waals surface area (Å²) < 4.78 is 60.8. The van der Waals surface area contributed by atoms with Crippen molar-refractivity contribution < 1.29 is 46.1 Å². The lowest BCUT2D eigenvalue weighted by Gasteiger charge is -2.24. The summed E-state index contributed by atoms with van der Waals surface area (Å²) in [5, 5.41) is 8.51. The van der Waals surface area contributed by atoms with Crippen LogP contribution in [0, 0.1) is 41.3 Å². The fraction of sp³-hybridized carbons (Fsp3) is 0.588. The number of hydrogen-bond acceptors (Lipinski definition) is 10. The fourth-order valence-electron chi connectivity index (χ4n) is 10.9. The summed E-state index contributed by atoms with van der Waals surface area (Å²) in [7, 11) is -4.07. The molecule has 0 aromatic heterocycles. The molecule has 8 aliphatic rings. The number of amides is 3. The van der Waals surface area contributed by atoms with Crippen molar-refractivity contribution in [2.45, 2.75) is 68.1 Å². The number of ether oxygens (including phenoxy) is 4. The number of benzene rings is 3. The summed E-state index contributed by atoms with van der Waals surface area (Å²) in [6.45, 7) is 10.3. The van der Waals surface area contributed by atoms with Crippen LogP contribution in [0.1, 0.15) is 105 Å². The summed E-state index contributed by atoms with van der Waals surface area (Å²) in [6.07, 6.45) is 8.82. The smallest absolute Gasteiger partial charge is 0.256 e. The second-order valence-corrected chi connectivity index (χ2v) is 21.9. The Morgan fingerprint density at radius 1 is 0.597 bits per heavy atom. The summed E-state index contributed by atoms with van der Waals surface area (Å²) in [5.74, 6) is 3.92. The van der Waals surface area contributed by atoms with Gasteiger partial charge in [-0.1, -0.05) is 0 Å². The van der Waals surface area contributed by atoms with E-state index in [1.165, 1.54) is 18.4 Å². The SMILES string of the molecule is NS(=O)(=O)c1ccc(C(=O)N2C[C@H]3CN(C(=O)c4cc(OCC5CCOCC5)cc(C5CC5)c4)C[C@@H]3C2)c(F)c1.O=C(c1cc(OCC2CCOCC2)cc(C2CC2)c1)N1C[C@@H]2CNC[C@H]2C1. The maximum Gasteiger partial charge on any atom is 0.256 e. The zero-order chi connectivity index (χ0) is 46.2. The predicted molar refractivity (Wildman–Crippen MR) is 247 cm³/mol. The number of sulfonamides is 1. The van der Waals surface area contributed by atoms with Crippen LogP contribution in [0.4, 0.5) is 4.39 Å². The van der Waals surface area contributed by atoms with Crippen molar-refractivity contribution in [1.29, 1.82) is 0 Å². The highest BCUT2D eigenvalue weighted by Gasteiger charge is 2.44. The van der Waals surface area contributed by atoms with E-state index in [1.807, 2.05) is 23.1 Å². The minimum atomic E-state index is -4.07. The number of halogens is 1. The minimum Gasteiger partial charge on any atom is -0.493 e. The molecule has 2 aliphatic carbocycles.